The van der Waals surface area contributed by atoms with Crippen LogP contribution < -0.4 is 22.8 Å². The van der Waals surface area contributed by atoms with Gasteiger partial charge in [-0.15, -0.1) is 0 Å². The first-order valence-electron chi connectivity index (χ1n) is 9.75. The summed E-state index contributed by atoms with van der Waals surface area (Å²) in [5, 5.41) is 10.9. The van der Waals surface area contributed by atoms with Gasteiger partial charge in [0.05, 0.1) is 8.07 Å². The number of aliphatic hydroxyl groups is 1. The van der Waals surface area contributed by atoms with Crippen LogP contribution in [0.3, 0.4) is 0 Å². The molecule has 0 unspecified atom stereocenters. The van der Waals surface area contributed by atoms with Gasteiger partial charge in [-0.1, -0.05) is 64.5 Å². The van der Waals surface area contributed by atoms with Crippen LogP contribution in [0.1, 0.15) is 54.9 Å². The van der Waals surface area contributed by atoms with Crippen LogP contribution in [0.15, 0.2) is 24.3 Å². The molecule has 0 bridgehead atoms. The Kier molecular flexibility index (Phi) is 9.78. The molecule has 0 spiro atoms. The van der Waals surface area contributed by atoms with E-state index in [0.717, 1.165) is 0 Å². The van der Waals surface area contributed by atoms with Gasteiger partial charge in [0, 0.05) is 6.61 Å². The van der Waals surface area contributed by atoms with Crippen LogP contribution in [0.25, 0.3) is 0 Å². The van der Waals surface area contributed by atoms with E-state index in [1.807, 2.05) is 0 Å². The van der Waals surface area contributed by atoms with Crippen molar-refractivity contribution in [1.29, 1.82) is 0 Å². The fourth-order valence-electron chi connectivity index (χ4n) is 4.29. The van der Waals surface area contributed by atoms with Gasteiger partial charge in [0.2, 0.25) is 0 Å². The Labute approximate surface area is 185 Å². The van der Waals surface area contributed by atoms with Gasteiger partial charge < -0.3 is 17.5 Å². The van der Waals surface area contributed by atoms with Gasteiger partial charge in [-0.05, 0) is 6.92 Å². The summed E-state index contributed by atoms with van der Waals surface area (Å²) < 4.78 is 0. The van der Waals surface area contributed by atoms with Crippen molar-refractivity contribution >= 4 is 18.4 Å². The molecule has 0 aromatic heterocycles. The van der Waals surface area contributed by atoms with Gasteiger partial charge in [0.15, 0.2) is 0 Å². The maximum absolute atomic E-state index is 7.57. The predicted octanol–water partition coefficient (Wildman–Crippen LogP) is 0.705. The Bertz CT molecular complexity index is 583. The maximum atomic E-state index is 7.57. The molecule has 0 saturated carbocycles. The smallest absolute Gasteiger partial charge is 1.00 e. The number of rotatable bonds is 2. The third kappa shape index (κ3) is 5.10. The van der Waals surface area contributed by atoms with E-state index >= 15 is 0 Å². The Morgan fingerprint density at radius 1 is 0.846 bits per heavy atom. The van der Waals surface area contributed by atoms with Crippen LogP contribution in [0, 0.1) is 0 Å². The zero-order valence-corrected chi connectivity index (χ0v) is 20.7. The topological polar surface area (TPSA) is 20.2 Å². The van der Waals surface area contributed by atoms with Gasteiger partial charge in [-0.2, -0.15) is 44.8 Å². The van der Waals surface area contributed by atoms with E-state index in [0.29, 0.717) is 0 Å². The van der Waals surface area contributed by atoms with Crippen molar-refractivity contribution in [3.05, 3.63) is 46.5 Å². The summed E-state index contributed by atoms with van der Waals surface area (Å²) in [7, 11) is -1.49. The molecule has 26 heavy (non-hydrogen) atoms. The molecule has 2 aliphatic carbocycles. The molecule has 4 heteroatoms. The van der Waals surface area contributed by atoms with E-state index in [9.17, 15) is 0 Å². The molecule has 1 N–H and O–H groups in total. The zero-order chi connectivity index (χ0) is 17.2. The second kappa shape index (κ2) is 10.6. The fraction of sp³-hybridized carbons (Fsp3) is 0.545. The average Bonchev–Trinajstić information content (AvgIpc) is 3.20. The normalized spacial score (nSPS) is 15.5. The number of aryl methyl sites for hydroxylation is 4. The van der Waals surface area contributed by atoms with E-state index in [2.05, 4.69) is 37.4 Å². The van der Waals surface area contributed by atoms with Crippen molar-refractivity contribution in [2.24, 2.45) is 0 Å². The first-order valence-corrected chi connectivity index (χ1v) is 12.7. The van der Waals surface area contributed by atoms with E-state index < -0.39 is 8.07 Å². The molecule has 1 nitrogen and oxygen atoms in total. The summed E-state index contributed by atoms with van der Waals surface area (Å²) in [5.74, 6) is 0. The van der Waals surface area contributed by atoms with Crippen molar-refractivity contribution in [3.63, 3.8) is 0 Å². The van der Waals surface area contributed by atoms with E-state index in [-0.39, 0.29) is 45.2 Å². The Balaban J connectivity index is 0.000000635. The number of halogens is 1. The second-order valence-electron chi connectivity index (χ2n) is 7.94. The summed E-state index contributed by atoms with van der Waals surface area (Å²) in [4.78, 5) is 0. The molecule has 0 amide bonds. The quantitative estimate of drug-likeness (QED) is 0.510. The minimum absolute atomic E-state index is 0. The first kappa shape index (κ1) is 24.1. The van der Waals surface area contributed by atoms with E-state index in [1.54, 1.807) is 39.6 Å². The SMILES string of the molecule is CCO.C[Si](C)(c1cc2c([cH-]1)CCCC2)c1cc2c([cH-]1)CCCC2.[Cl-].[Zr+3]. The number of aliphatic hydroxyl groups excluding tert-OH is 1. The molecule has 0 atom stereocenters. The molecule has 0 fully saturated rings. The van der Waals surface area contributed by atoms with Crippen LogP contribution in [0.4, 0.5) is 0 Å². The minimum Gasteiger partial charge on any atom is -1.00 e. The minimum atomic E-state index is -1.49. The Morgan fingerprint density at radius 3 is 1.54 bits per heavy atom. The zero-order valence-electron chi connectivity index (χ0n) is 16.5. The molecule has 4 rings (SSSR count). The molecular weight excluding hydrogens is 435 g/mol. The van der Waals surface area contributed by atoms with Crippen molar-refractivity contribution in [2.75, 3.05) is 6.61 Å². The Hall–Kier alpha value is 0.0500. The van der Waals surface area contributed by atoms with Crippen molar-refractivity contribution in [3.8, 4) is 0 Å². The second-order valence-corrected chi connectivity index (χ2v) is 12.3. The van der Waals surface area contributed by atoms with Gasteiger partial charge in [0.1, 0.15) is 0 Å². The molecule has 2 aromatic carbocycles. The molecule has 0 saturated heterocycles. The average molecular weight is 467 g/mol. The van der Waals surface area contributed by atoms with E-state index in [4.69, 9.17) is 5.11 Å². The van der Waals surface area contributed by atoms with Crippen LogP contribution >= 0.6 is 0 Å². The summed E-state index contributed by atoms with van der Waals surface area (Å²) in [5.41, 5.74) is 6.64. The van der Waals surface area contributed by atoms with Gasteiger partial charge in [-0.25, -0.2) is 12.1 Å². The largest absolute Gasteiger partial charge is 3.00 e. The van der Waals surface area contributed by atoms with Crippen LogP contribution in [-0.2, 0) is 51.9 Å². The number of fused-ring (bicyclic) bond motifs is 2. The van der Waals surface area contributed by atoms with Crippen molar-refractivity contribution in [2.45, 2.75) is 71.4 Å². The van der Waals surface area contributed by atoms with Gasteiger partial charge in [-0.3, -0.25) is 0 Å². The molecule has 141 valence electrons. The summed E-state index contributed by atoms with van der Waals surface area (Å²) in [6.07, 6.45) is 10.8. The monoisotopic (exact) mass is 465 g/mol. The molecule has 1 radical (unpaired) electrons. The molecule has 0 aliphatic heterocycles. The predicted molar refractivity (Wildman–Crippen MR) is 107 cm³/mol. The third-order valence-electron chi connectivity index (χ3n) is 5.87. The molecule has 2 aliphatic rings. The van der Waals surface area contributed by atoms with Crippen molar-refractivity contribution in [1.82, 2.24) is 0 Å². The van der Waals surface area contributed by atoms with Crippen LogP contribution in [0.5, 0.6) is 0 Å². The van der Waals surface area contributed by atoms with Gasteiger partial charge >= 0.3 is 26.2 Å². The summed E-state index contributed by atoms with van der Waals surface area (Å²) in [6.45, 7) is 7.03. The number of hydrogen-bond donors (Lipinski definition) is 1. The van der Waals surface area contributed by atoms with Crippen LogP contribution in [0.2, 0.25) is 13.1 Å². The molecule has 0 heterocycles. The summed E-state index contributed by atoms with van der Waals surface area (Å²) in [6, 6.07) is 10.2. The van der Waals surface area contributed by atoms with Crippen molar-refractivity contribution < 1.29 is 43.7 Å². The Morgan fingerprint density at radius 2 is 1.19 bits per heavy atom. The van der Waals surface area contributed by atoms with E-state index in [1.165, 1.54) is 51.4 Å². The van der Waals surface area contributed by atoms with Gasteiger partial charge in [0.25, 0.3) is 0 Å². The molecular formula is C22H32ClOSiZr. The summed E-state index contributed by atoms with van der Waals surface area (Å²) >= 11 is 0. The first-order chi connectivity index (χ1) is 11.6. The maximum Gasteiger partial charge on any atom is 3.00 e. The third-order valence-corrected chi connectivity index (χ3v) is 9.34. The molecule has 2 aromatic rings. The standard InChI is InChI=1S/C20H26Si.C2H6O.ClH.Zr/c1-21(2,19-11-15-7-3-4-8-16(15)12-19)20-13-17-9-5-6-10-18(17)14-20;1-2-3;;/h11-14H,3-10H2,1-2H3;3H,2H2,1H3;1H;/q-2;;;+3/p-1. The number of hydrogen-bond acceptors (Lipinski definition) is 1. The fourth-order valence-corrected chi connectivity index (χ4v) is 6.76. The van der Waals surface area contributed by atoms with Crippen LogP contribution in [-0.4, -0.2) is 19.8 Å².